The Morgan fingerprint density at radius 1 is 0.304 bits per heavy atom. The zero-order valence-electron chi connectivity index (χ0n) is 30.1. The Kier molecular flexibility index (Phi) is 8.35. The lowest BCUT2D eigenvalue weighted by Gasteiger charge is -2.31. The first-order valence-corrected chi connectivity index (χ1v) is 18.4. The fourth-order valence-electron chi connectivity index (χ4n) is 6.99. The number of benzene rings is 7. The van der Waals surface area contributed by atoms with Crippen molar-refractivity contribution in [3.63, 3.8) is 0 Å². The fourth-order valence-corrected chi connectivity index (χ4v) is 6.99. The van der Waals surface area contributed by atoms with Gasteiger partial charge in [-0.2, -0.15) is 0 Å². The van der Waals surface area contributed by atoms with E-state index in [-0.39, 0.29) is 0 Å². The van der Waals surface area contributed by atoms with Gasteiger partial charge in [0.2, 0.25) is 5.95 Å². The van der Waals surface area contributed by atoms with Crippen molar-refractivity contribution in [3.05, 3.63) is 194 Å². The average molecular weight is 721 g/mol. The lowest BCUT2D eigenvalue weighted by Crippen LogP contribution is -2.18. The Morgan fingerprint density at radius 3 is 1.25 bits per heavy atom. The maximum atomic E-state index is 6.31. The van der Waals surface area contributed by atoms with Gasteiger partial charge in [-0.15, -0.1) is 0 Å². The van der Waals surface area contributed by atoms with E-state index in [4.69, 9.17) is 29.7 Å². The second kappa shape index (κ2) is 14.2. The van der Waals surface area contributed by atoms with E-state index in [1.54, 1.807) is 0 Å². The Labute approximate surface area is 324 Å². The van der Waals surface area contributed by atoms with Crippen molar-refractivity contribution in [2.24, 2.45) is 0 Å². The first-order chi connectivity index (χ1) is 27.7. The highest BCUT2D eigenvalue weighted by Crippen LogP contribution is 2.49. The largest absolute Gasteiger partial charge is 0.453 e. The quantitative estimate of drug-likeness (QED) is 0.162. The van der Waals surface area contributed by atoms with Crippen LogP contribution < -0.4 is 9.64 Å². The van der Waals surface area contributed by atoms with Gasteiger partial charge >= 0.3 is 0 Å². The third kappa shape index (κ3) is 6.33. The standard InChI is InChI=1S/C49H32N6O/c1-4-16-33(17-5-1)40-32-41(51-49(50-40)55-42-26-10-12-28-44(42)56-45-29-13-11-27-43(45)55)38-24-14-22-36(30-38)37-23-15-25-39(31-37)48-53-46(34-18-6-2-7-19-34)52-47(54-48)35-20-8-3-9-21-35/h1-32H. The van der Waals surface area contributed by atoms with Crippen molar-refractivity contribution >= 4 is 17.3 Å². The molecule has 0 amide bonds. The van der Waals surface area contributed by atoms with E-state index in [0.717, 1.165) is 73.2 Å². The van der Waals surface area contributed by atoms with E-state index in [0.29, 0.717) is 23.4 Å². The van der Waals surface area contributed by atoms with E-state index >= 15 is 0 Å². The molecule has 0 saturated heterocycles. The minimum atomic E-state index is 0.551. The molecular formula is C49H32N6O. The predicted molar refractivity (Wildman–Crippen MR) is 223 cm³/mol. The van der Waals surface area contributed by atoms with Gasteiger partial charge in [0.15, 0.2) is 29.0 Å². The third-order valence-electron chi connectivity index (χ3n) is 9.73. The highest BCUT2D eigenvalue weighted by atomic mass is 16.5. The van der Waals surface area contributed by atoms with Crippen LogP contribution in [0.2, 0.25) is 0 Å². The van der Waals surface area contributed by atoms with E-state index in [2.05, 4.69) is 65.6 Å². The summed E-state index contributed by atoms with van der Waals surface area (Å²) in [6, 6.07) is 65.2. The molecule has 0 atom stereocenters. The summed E-state index contributed by atoms with van der Waals surface area (Å²) in [5.74, 6) is 3.90. The van der Waals surface area contributed by atoms with Gasteiger partial charge in [0.1, 0.15) is 0 Å². The normalized spacial score (nSPS) is 11.7. The van der Waals surface area contributed by atoms with E-state index in [9.17, 15) is 0 Å². The molecule has 10 rings (SSSR count). The summed E-state index contributed by atoms with van der Waals surface area (Å²) in [6.07, 6.45) is 0. The van der Waals surface area contributed by atoms with E-state index in [1.165, 1.54) is 0 Å². The second-order valence-corrected chi connectivity index (χ2v) is 13.4. The van der Waals surface area contributed by atoms with Crippen LogP contribution in [-0.4, -0.2) is 24.9 Å². The van der Waals surface area contributed by atoms with Gasteiger partial charge < -0.3 is 4.74 Å². The molecule has 0 aliphatic carbocycles. The molecule has 0 N–H and O–H groups in total. The summed E-state index contributed by atoms with van der Waals surface area (Å²) in [5.41, 5.74) is 10.1. The zero-order chi connectivity index (χ0) is 37.3. The van der Waals surface area contributed by atoms with E-state index in [1.807, 2.05) is 133 Å². The Bertz CT molecular complexity index is 2740. The molecule has 2 aromatic heterocycles. The van der Waals surface area contributed by atoms with Gasteiger partial charge in [-0.05, 0) is 53.6 Å². The Morgan fingerprint density at radius 2 is 0.696 bits per heavy atom. The summed E-state index contributed by atoms with van der Waals surface area (Å²) in [4.78, 5) is 27.3. The molecule has 56 heavy (non-hydrogen) atoms. The molecule has 0 fully saturated rings. The van der Waals surface area contributed by atoms with Gasteiger partial charge in [0.25, 0.3) is 0 Å². The molecule has 9 aromatic rings. The van der Waals surface area contributed by atoms with Gasteiger partial charge in [0, 0.05) is 27.8 Å². The summed E-state index contributed by atoms with van der Waals surface area (Å²) in [6.45, 7) is 0. The molecule has 1 aliphatic heterocycles. The van der Waals surface area contributed by atoms with Crippen LogP contribution in [0.1, 0.15) is 0 Å². The fraction of sp³-hybridized carbons (Fsp3) is 0. The molecule has 3 heterocycles. The highest BCUT2D eigenvalue weighted by molar-refractivity contribution is 5.85. The maximum absolute atomic E-state index is 6.31. The molecule has 1 aliphatic rings. The smallest absolute Gasteiger partial charge is 0.236 e. The average Bonchev–Trinajstić information content (AvgIpc) is 3.29. The SMILES string of the molecule is c1ccc(-c2cc(-c3cccc(-c4cccc(-c5nc(-c6ccccc6)nc(-c6ccccc6)n5)c4)c3)nc(N3c4ccccc4Oc4ccccc43)n2)cc1. The van der Waals surface area contributed by atoms with Crippen LogP contribution in [0.5, 0.6) is 11.5 Å². The molecule has 0 unspecified atom stereocenters. The number of hydrogen-bond donors (Lipinski definition) is 0. The third-order valence-corrected chi connectivity index (χ3v) is 9.73. The van der Waals surface area contributed by atoms with Crippen molar-refractivity contribution in [3.8, 4) is 79.3 Å². The molecule has 0 bridgehead atoms. The van der Waals surface area contributed by atoms with Crippen LogP contribution in [0, 0.1) is 0 Å². The molecule has 264 valence electrons. The topological polar surface area (TPSA) is 76.9 Å². The predicted octanol–water partition coefficient (Wildman–Crippen LogP) is 12.2. The van der Waals surface area contributed by atoms with Crippen molar-refractivity contribution in [1.82, 2.24) is 24.9 Å². The number of rotatable bonds is 7. The first kappa shape index (κ1) is 32.8. The first-order valence-electron chi connectivity index (χ1n) is 18.4. The number of ether oxygens (including phenoxy) is 1. The summed E-state index contributed by atoms with van der Waals surface area (Å²) in [7, 11) is 0. The summed E-state index contributed by atoms with van der Waals surface area (Å²) in [5, 5.41) is 0. The zero-order valence-corrected chi connectivity index (χ0v) is 30.1. The van der Waals surface area contributed by atoms with Gasteiger partial charge in [-0.3, -0.25) is 4.90 Å². The van der Waals surface area contributed by atoms with Crippen LogP contribution in [-0.2, 0) is 0 Å². The van der Waals surface area contributed by atoms with Crippen LogP contribution >= 0.6 is 0 Å². The molecule has 0 spiro atoms. The van der Waals surface area contributed by atoms with Crippen LogP contribution in [0.25, 0.3) is 67.8 Å². The van der Waals surface area contributed by atoms with Crippen molar-refractivity contribution < 1.29 is 4.74 Å². The number of hydrogen-bond acceptors (Lipinski definition) is 7. The lowest BCUT2D eigenvalue weighted by atomic mass is 9.99. The van der Waals surface area contributed by atoms with E-state index < -0.39 is 0 Å². The van der Waals surface area contributed by atoms with Crippen LogP contribution in [0.15, 0.2) is 194 Å². The van der Waals surface area contributed by atoms with Crippen molar-refractivity contribution in [1.29, 1.82) is 0 Å². The Hall–Kier alpha value is -7.77. The number of para-hydroxylation sites is 4. The number of nitrogens with zero attached hydrogens (tertiary/aromatic N) is 6. The maximum Gasteiger partial charge on any atom is 0.236 e. The van der Waals surface area contributed by atoms with Crippen molar-refractivity contribution in [2.75, 3.05) is 4.90 Å². The number of aromatic nitrogens is 5. The second-order valence-electron chi connectivity index (χ2n) is 13.4. The minimum Gasteiger partial charge on any atom is -0.453 e. The molecule has 7 heteroatoms. The molecule has 7 nitrogen and oxygen atoms in total. The molecular weight excluding hydrogens is 689 g/mol. The number of fused-ring (bicyclic) bond motifs is 2. The molecule has 0 saturated carbocycles. The monoisotopic (exact) mass is 720 g/mol. The minimum absolute atomic E-state index is 0.551. The van der Waals surface area contributed by atoms with Gasteiger partial charge in [0.05, 0.1) is 22.8 Å². The molecule has 0 radical (unpaired) electrons. The van der Waals surface area contributed by atoms with Crippen LogP contribution in [0.4, 0.5) is 17.3 Å². The molecule has 7 aromatic carbocycles. The summed E-state index contributed by atoms with van der Waals surface area (Å²) >= 11 is 0. The van der Waals surface area contributed by atoms with Gasteiger partial charge in [-0.1, -0.05) is 152 Å². The van der Waals surface area contributed by atoms with Crippen LogP contribution in [0.3, 0.4) is 0 Å². The number of anilines is 3. The van der Waals surface area contributed by atoms with Crippen molar-refractivity contribution in [2.45, 2.75) is 0 Å². The van der Waals surface area contributed by atoms with Gasteiger partial charge in [-0.25, -0.2) is 24.9 Å². The Balaban J connectivity index is 1.08. The summed E-state index contributed by atoms with van der Waals surface area (Å²) < 4.78 is 6.31. The highest BCUT2D eigenvalue weighted by Gasteiger charge is 2.28. The lowest BCUT2D eigenvalue weighted by molar-refractivity contribution is 0.476.